The van der Waals surface area contributed by atoms with Crippen LogP contribution in [0.4, 0.5) is 0 Å². The number of nitrogens with two attached hydrogens (primary N) is 3. The number of benzene rings is 2. The fourth-order valence-electron chi connectivity index (χ4n) is 3.79. The molecule has 0 spiro atoms. The van der Waals surface area contributed by atoms with E-state index in [0.717, 1.165) is 11.1 Å². The number of aliphatic hydroxyl groups is 1. The van der Waals surface area contributed by atoms with Gasteiger partial charge in [-0.15, -0.1) is 0 Å². The predicted molar refractivity (Wildman–Crippen MR) is 161 cm³/mol. The normalized spacial score (nSPS) is 13.6. The lowest BCUT2D eigenvalue weighted by Gasteiger charge is -2.22. The third kappa shape index (κ3) is 14.0. The van der Waals surface area contributed by atoms with E-state index >= 15 is 0 Å². The highest BCUT2D eigenvalue weighted by Crippen LogP contribution is 2.11. The van der Waals surface area contributed by atoms with Crippen LogP contribution in [-0.2, 0) is 36.8 Å². The molecule has 0 aromatic heterocycles. The number of carbonyl (C=O) groups excluding carboxylic acids is 5. The number of phenolic OH excluding ortho intramolecular Hbond substituents is 1. The summed E-state index contributed by atoms with van der Waals surface area (Å²) in [4.78, 5) is 62.2. The Morgan fingerprint density at radius 3 is 2.02 bits per heavy atom. The summed E-state index contributed by atoms with van der Waals surface area (Å²) < 4.78 is 0. The summed E-state index contributed by atoms with van der Waals surface area (Å²) in [6.45, 7) is -0.910. The van der Waals surface area contributed by atoms with Crippen LogP contribution in [-0.4, -0.2) is 88.7 Å². The number of phenols is 1. The molecular formula is C28H39N7O7S. The molecular weight excluding hydrogens is 578 g/mol. The van der Waals surface area contributed by atoms with Gasteiger partial charge in [0.1, 0.15) is 24.1 Å². The zero-order valence-electron chi connectivity index (χ0n) is 23.5. The Hall–Kier alpha value is -4.18. The Balaban J connectivity index is 1.88. The number of primary amides is 1. The molecule has 5 amide bonds. The van der Waals surface area contributed by atoms with E-state index in [1.54, 1.807) is 42.5 Å². The second kappa shape index (κ2) is 18.4. The molecule has 0 fully saturated rings. The first-order valence-corrected chi connectivity index (χ1v) is 14.6. The van der Waals surface area contributed by atoms with Crippen LogP contribution in [0.1, 0.15) is 17.5 Å². The monoisotopic (exact) mass is 617 g/mol. The number of aromatic hydroxyl groups is 1. The van der Waals surface area contributed by atoms with Gasteiger partial charge >= 0.3 is 0 Å². The Kier molecular flexibility index (Phi) is 15.0. The van der Waals surface area contributed by atoms with Crippen molar-refractivity contribution in [3.05, 3.63) is 65.7 Å². The molecule has 0 aliphatic rings. The van der Waals surface area contributed by atoms with Gasteiger partial charge in [0, 0.05) is 12.2 Å². The highest BCUT2D eigenvalue weighted by molar-refractivity contribution is 7.99. The highest BCUT2D eigenvalue weighted by Gasteiger charge is 2.26. The summed E-state index contributed by atoms with van der Waals surface area (Å²) in [6, 6.07) is 12.0. The summed E-state index contributed by atoms with van der Waals surface area (Å²) in [6.07, 6.45) is -0.540. The second-order valence-corrected chi connectivity index (χ2v) is 10.8. The zero-order chi connectivity index (χ0) is 31.8. The molecule has 0 heterocycles. The average molecular weight is 618 g/mol. The van der Waals surface area contributed by atoms with Gasteiger partial charge in [-0.2, -0.15) is 11.8 Å². The summed E-state index contributed by atoms with van der Waals surface area (Å²) in [7, 11) is 0. The van der Waals surface area contributed by atoms with Gasteiger partial charge in [0.25, 0.3) is 0 Å². The fourth-order valence-corrected chi connectivity index (χ4v) is 4.60. The summed E-state index contributed by atoms with van der Waals surface area (Å²) in [5.41, 5.74) is 18.1. The van der Waals surface area contributed by atoms with Crippen molar-refractivity contribution in [3.63, 3.8) is 0 Å². The average Bonchev–Trinajstić information content (AvgIpc) is 2.97. The van der Waals surface area contributed by atoms with E-state index in [9.17, 15) is 34.2 Å². The number of thioether (sulfide) groups is 1. The number of hydrogen-bond acceptors (Lipinski definition) is 10. The summed E-state index contributed by atoms with van der Waals surface area (Å²) in [5.74, 6) is -2.60. The van der Waals surface area contributed by atoms with Crippen LogP contribution >= 0.6 is 11.8 Å². The Morgan fingerprint density at radius 1 is 0.767 bits per heavy atom. The van der Waals surface area contributed by atoms with Crippen molar-refractivity contribution in [3.8, 4) is 5.75 Å². The van der Waals surface area contributed by atoms with Crippen LogP contribution in [0, 0.1) is 0 Å². The topological polar surface area (TPSA) is 252 Å². The molecule has 0 saturated heterocycles. The number of nitrogens with one attached hydrogen (secondary N) is 4. The van der Waals surface area contributed by atoms with Crippen LogP contribution in [0.25, 0.3) is 0 Å². The molecule has 0 radical (unpaired) electrons. The number of aliphatic hydroxyl groups excluding tert-OH is 1. The van der Waals surface area contributed by atoms with E-state index in [-0.39, 0.29) is 30.8 Å². The second-order valence-electron chi connectivity index (χ2n) is 9.68. The molecule has 43 heavy (non-hydrogen) atoms. The third-order valence-corrected chi connectivity index (χ3v) is 7.13. The Bertz CT molecular complexity index is 1220. The molecule has 15 heteroatoms. The molecule has 2 aromatic carbocycles. The van der Waals surface area contributed by atoms with Crippen molar-refractivity contribution in [2.45, 2.75) is 43.6 Å². The van der Waals surface area contributed by atoms with E-state index in [4.69, 9.17) is 17.2 Å². The molecule has 2 aromatic rings. The van der Waals surface area contributed by atoms with Crippen LogP contribution in [0.15, 0.2) is 54.6 Å². The molecule has 234 valence electrons. The van der Waals surface area contributed by atoms with Gasteiger partial charge in [0.2, 0.25) is 29.5 Å². The van der Waals surface area contributed by atoms with Gasteiger partial charge in [-0.25, -0.2) is 0 Å². The smallest absolute Gasteiger partial charge is 0.243 e. The van der Waals surface area contributed by atoms with Crippen molar-refractivity contribution in [1.29, 1.82) is 0 Å². The van der Waals surface area contributed by atoms with E-state index < -0.39 is 67.0 Å². The van der Waals surface area contributed by atoms with Crippen molar-refractivity contribution < 1.29 is 34.2 Å². The van der Waals surface area contributed by atoms with E-state index in [1.165, 1.54) is 23.9 Å². The van der Waals surface area contributed by atoms with E-state index in [2.05, 4.69) is 21.3 Å². The molecule has 0 aliphatic carbocycles. The Labute approximate surface area is 253 Å². The quantitative estimate of drug-likeness (QED) is 0.0633. The SMILES string of the molecule is NC(=O)[C@H](CCSCC(N)O)NC(=O)[C@H](Cc1ccccc1)NC(=O)CNC(=O)CNC(=O)[C@@H](N)Cc1ccc(O)cc1. The van der Waals surface area contributed by atoms with E-state index in [0.29, 0.717) is 5.75 Å². The molecule has 1 unspecified atom stereocenters. The first-order chi connectivity index (χ1) is 20.4. The molecule has 0 aliphatic heterocycles. The van der Waals surface area contributed by atoms with Gasteiger partial charge < -0.3 is 48.7 Å². The van der Waals surface area contributed by atoms with Crippen LogP contribution < -0.4 is 38.5 Å². The Morgan fingerprint density at radius 2 is 1.40 bits per heavy atom. The van der Waals surface area contributed by atoms with Gasteiger partial charge in [-0.1, -0.05) is 42.5 Å². The third-order valence-electron chi connectivity index (χ3n) is 6.03. The number of hydrogen-bond donors (Lipinski definition) is 9. The van der Waals surface area contributed by atoms with E-state index in [1.807, 2.05) is 0 Å². The minimum atomic E-state index is -1.09. The zero-order valence-corrected chi connectivity index (χ0v) is 24.3. The van der Waals surface area contributed by atoms with Crippen molar-refractivity contribution >= 4 is 41.3 Å². The molecule has 4 atom stereocenters. The molecule has 14 nitrogen and oxygen atoms in total. The summed E-state index contributed by atoms with van der Waals surface area (Å²) >= 11 is 1.29. The van der Waals surface area contributed by atoms with Crippen LogP contribution in [0.5, 0.6) is 5.75 Å². The summed E-state index contributed by atoms with van der Waals surface area (Å²) in [5, 5.41) is 28.4. The first-order valence-electron chi connectivity index (χ1n) is 13.5. The number of rotatable bonds is 18. The maximum atomic E-state index is 13.1. The lowest BCUT2D eigenvalue weighted by molar-refractivity contribution is -0.131. The minimum absolute atomic E-state index is 0.0832. The van der Waals surface area contributed by atoms with Crippen LogP contribution in [0.2, 0.25) is 0 Å². The van der Waals surface area contributed by atoms with Gasteiger partial charge in [0.05, 0.1) is 19.1 Å². The largest absolute Gasteiger partial charge is 0.508 e. The first kappa shape index (κ1) is 35.0. The van der Waals surface area contributed by atoms with Crippen molar-refractivity contribution in [2.75, 3.05) is 24.6 Å². The maximum Gasteiger partial charge on any atom is 0.243 e. The lowest BCUT2D eigenvalue weighted by Crippen LogP contribution is -2.55. The predicted octanol–water partition coefficient (Wildman–Crippen LogP) is -2.41. The fraction of sp³-hybridized carbons (Fsp3) is 0.393. The number of amides is 5. The van der Waals surface area contributed by atoms with Crippen LogP contribution in [0.3, 0.4) is 0 Å². The van der Waals surface area contributed by atoms with Gasteiger partial charge in [0.15, 0.2) is 0 Å². The molecule has 2 rings (SSSR count). The molecule has 0 bridgehead atoms. The highest BCUT2D eigenvalue weighted by atomic mass is 32.2. The van der Waals surface area contributed by atoms with Crippen molar-refractivity contribution in [1.82, 2.24) is 21.3 Å². The lowest BCUT2D eigenvalue weighted by atomic mass is 10.0. The van der Waals surface area contributed by atoms with Crippen molar-refractivity contribution in [2.24, 2.45) is 17.2 Å². The molecule has 0 saturated carbocycles. The molecule has 12 N–H and O–H groups in total. The van der Waals surface area contributed by atoms with Gasteiger partial charge in [-0.05, 0) is 41.9 Å². The number of carbonyl (C=O) groups is 5. The minimum Gasteiger partial charge on any atom is -0.508 e. The maximum absolute atomic E-state index is 13.1. The van der Waals surface area contributed by atoms with Gasteiger partial charge in [-0.3, -0.25) is 24.0 Å². The standard InChI is InChI=1S/C28H39N7O7S/c29-20(12-18-6-8-19(36)9-7-18)27(41)33-14-24(38)32-15-25(39)34-22(13-17-4-2-1-3-5-17)28(42)35-21(26(31)40)10-11-43-16-23(30)37/h1-9,20-23,36-37H,10-16,29-30H2,(H2,31,40)(H,32,38)(H,33,41)(H,34,39)(H,35,42)/t20-,21-,22-,23?/m0/s1.